The fourth-order valence-corrected chi connectivity index (χ4v) is 4.49. The molecule has 2 fully saturated rings. The van der Waals surface area contributed by atoms with Crippen LogP contribution in [0, 0.1) is 0 Å². The molecule has 34 heavy (non-hydrogen) atoms. The molecule has 2 aliphatic rings. The topological polar surface area (TPSA) is 107 Å². The second-order valence-electron chi connectivity index (χ2n) is 8.50. The highest BCUT2D eigenvalue weighted by Gasteiger charge is 2.51. The number of H-pyrrole nitrogens is 1. The number of hydrogen-bond donors (Lipinski definition) is 1. The summed E-state index contributed by atoms with van der Waals surface area (Å²) in [6, 6.07) is 18.4. The number of esters is 1. The number of carbonyl (C=O) groups is 1. The molecule has 1 saturated carbocycles. The van der Waals surface area contributed by atoms with Crippen molar-refractivity contribution in [3.8, 4) is 5.69 Å². The first-order valence-corrected chi connectivity index (χ1v) is 11.4. The quantitative estimate of drug-likeness (QED) is 0.415. The molecular weight excluding hydrogens is 436 g/mol. The Morgan fingerprint density at radius 2 is 1.74 bits per heavy atom. The number of hydrogen-bond acceptors (Lipinski definition) is 7. The number of aromatic nitrogens is 2. The average molecular weight is 463 g/mol. The zero-order chi connectivity index (χ0) is 23.5. The number of ether oxygens (including phenoxy) is 3. The van der Waals surface area contributed by atoms with Crippen molar-refractivity contribution in [2.75, 3.05) is 6.61 Å². The highest BCUT2D eigenvalue weighted by atomic mass is 16.8. The van der Waals surface area contributed by atoms with Crippen LogP contribution in [0.25, 0.3) is 5.69 Å². The van der Waals surface area contributed by atoms with Gasteiger partial charge in [0.2, 0.25) is 0 Å². The second-order valence-corrected chi connectivity index (χ2v) is 8.50. The Hall–Kier alpha value is -3.56. The number of para-hydroxylation sites is 1. The van der Waals surface area contributed by atoms with E-state index >= 15 is 0 Å². The van der Waals surface area contributed by atoms with Gasteiger partial charge in [-0.1, -0.05) is 36.4 Å². The number of aromatic amines is 1. The van der Waals surface area contributed by atoms with Crippen LogP contribution in [0.1, 0.15) is 44.4 Å². The molecule has 0 radical (unpaired) electrons. The van der Waals surface area contributed by atoms with Crippen molar-refractivity contribution in [2.45, 2.75) is 50.6 Å². The molecule has 5 rings (SSSR count). The van der Waals surface area contributed by atoms with Gasteiger partial charge in [0.1, 0.15) is 18.8 Å². The molecule has 2 atom stereocenters. The van der Waals surface area contributed by atoms with Gasteiger partial charge in [-0.05, 0) is 37.1 Å². The Labute approximate surface area is 196 Å². The molecule has 1 aliphatic carbocycles. The molecule has 0 unspecified atom stereocenters. The summed E-state index contributed by atoms with van der Waals surface area (Å²) in [7, 11) is 0. The molecule has 0 amide bonds. The van der Waals surface area contributed by atoms with Gasteiger partial charge < -0.3 is 14.2 Å². The number of nitrogens with one attached hydrogen (secondary N) is 1. The van der Waals surface area contributed by atoms with Gasteiger partial charge in [-0.3, -0.25) is 14.7 Å². The molecule has 1 aromatic heterocycles. The third-order valence-electron chi connectivity index (χ3n) is 6.08. The van der Waals surface area contributed by atoms with Crippen LogP contribution >= 0.6 is 0 Å². The van der Waals surface area contributed by atoms with Gasteiger partial charge in [0.15, 0.2) is 11.5 Å². The van der Waals surface area contributed by atoms with Gasteiger partial charge in [-0.2, -0.15) is 5.11 Å². The standard InChI is InChI=1S/C25H26N4O5/c1-17(30)32-16-20-23(34-25(33-20)14-8-9-15-25)21-22(27-26-18-10-4-2-5-11-18)24(31)29(28-21)19-12-6-3-7-13-19/h2-7,10-13,20,23,28H,8-9,14-16H2,1H3/t20-,23+/m0/s1. The van der Waals surface area contributed by atoms with Crippen molar-refractivity contribution in [1.82, 2.24) is 9.78 Å². The Morgan fingerprint density at radius 1 is 1.06 bits per heavy atom. The maximum atomic E-state index is 13.4. The van der Waals surface area contributed by atoms with E-state index in [0.717, 1.165) is 25.7 Å². The third-order valence-corrected chi connectivity index (χ3v) is 6.08. The molecule has 1 N–H and O–H groups in total. The molecule has 2 heterocycles. The van der Waals surface area contributed by atoms with Crippen LogP contribution in [0.3, 0.4) is 0 Å². The molecule has 1 aliphatic heterocycles. The number of carbonyl (C=O) groups excluding carboxylic acids is 1. The lowest BCUT2D eigenvalue weighted by molar-refractivity contribution is -0.175. The SMILES string of the molecule is CC(=O)OC[C@@H]1OC2(CCCC2)O[C@H]1c1[nH]n(-c2ccccc2)c(=O)c1N=Nc1ccccc1. The summed E-state index contributed by atoms with van der Waals surface area (Å²) < 4.78 is 19.4. The minimum atomic E-state index is -0.755. The van der Waals surface area contributed by atoms with Crippen molar-refractivity contribution in [1.29, 1.82) is 0 Å². The normalized spacial score (nSPS) is 21.4. The molecule has 9 heteroatoms. The Morgan fingerprint density at radius 3 is 2.41 bits per heavy atom. The number of benzene rings is 2. The van der Waals surface area contributed by atoms with Crippen molar-refractivity contribution in [3.63, 3.8) is 0 Å². The van der Waals surface area contributed by atoms with Crippen molar-refractivity contribution >= 4 is 17.3 Å². The van der Waals surface area contributed by atoms with Gasteiger partial charge in [-0.25, -0.2) is 4.68 Å². The fourth-order valence-electron chi connectivity index (χ4n) is 4.49. The van der Waals surface area contributed by atoms with Crippen LogP contribution in [-0.2, 0) is 19.0 Å². The Kier molecular flexibility index (Phi) is 6.12. The summed E-state index contributed by atoms with van der Waals surface area (Å²) in [6.07, 6.45) is 2.18. The largest absolute Gasteiger partial charge is 0.463 e. The molecular formula is C25H26N4O5. The lowest BCUT2D eigenvalue weighted by Crippen LogP contribution is -2.28. The Balaban J connectivity index is 1.58. The van der Waals surface area contributed by atoms with Crippen LogP contribution in [-0.4, -0.2) is 34.2 Å². The minimum Gasteiger partial charge on any atom is -0.463 e. The van der Waals surface area contributed by atoms with E-state index in [1.165, 1.54) is 11.6 Å². The van der Waals surface area contributed by atoms with Gasteiger partial charge in [0.25, 0.3) is 5.56 Å². The van der Waals surface area contributed by atoms with E-state index in [0.29, 0.717) is 17.1 Å². The predicted molar refractivity (Wildman–Crippen MR) is 124 cm³/mol. The first kappa shape index (κ1) is 22.2. The Bertz CT molecular complexity index is 1230. The van der Waals surface area contributed by atoms with Crippen LogP contribution in [0.5, 0.6) is 0 Å². The fraction of sp³-hybridized carbons (Fsp3) is 0.360. The molecule has 1 saturated heterocycles. The molecule has 176 valence electrons. The number of nitrogens with zero attached hydrogens (tertiary/aromatic N) is 3. The average Bonchev–Trinajstić information content (AvgIpc) is 3.55. The van der Waals surface area contributed by atoms with Crippen molar-refractivity contribution < 1.29 is 19.0 Å². The van der Waals surface area contributed by atoms with Crippen molar-refractivity contribution in [3.05, 3.63) is 76.7 Å². The zero-order valence-corrected chi connectivity index (χ0v) is 18.8. The van der Waals surface area contributed by atoms with E-state index in [-0.39, 0.29) is 17.9 Å². The first-order valence-electron chi connectivity index (χ1n) is 11.4. The molecule has 9 nitrogen and oxygen atoms in total. The van der Waals surface area contributed by atoms with Crippen LogP contribution in [0.15, 0.2) is 75.7 Å². The summed E-state index contributed by atoms with van der Waals surface area (Å²) in [6.45, 7) is 1.36. The summed E-state index contributed by atoms with van der Waals surface area (Å²) in [4.78, 5) is 25.0. The summed E-state index contributed by atoms with van der Waals surface area (Å²) in [5.74, 6) is -1.16. The van der Waals surface area contributed by atoms with Gasteiger partial charge in [0, 0.05) is 19.8 Å². The summed E-state index contributed by atoms with van der Waals surface area (Å²) >= 11 is 0. The van der Waals surface area contributed by atoms with E-state index < -0.39 is 24.0 Å². The van der Waals surface area contributed by atoms with E-state index in [1.807, 2.05) is 48.5 Å². The summed E-state index contributed by atoms with van der Waals surface area (Å²) in [5.41, 5.74) is 1.48. The van der Waals surface area contributed by atoms with Crippen molar-refractivity contribution in [2.24, 2.45) is 10.2 Å². The molecule has 3 aromatic rings. The van der Waals surface area contributed by atoms with E-state index in [2.05, 4.69) is 15.3 Å². The van der Waals surface area contributed by atoms with E-state index in [1.54, 1.807) is 12.1 Å². The van der Waals surface area contributed by atoms with E-state index in [4.69, 9.17) is 14.2 Å². The molecule has 0 bridgehead atoms. The highest BCUT2D eigenvalue weighted by molar-refractivity contribution is 5.65. The van der Waals surface area contributed by atoms with Gasteiger partial charge >= 0.3 is 5.97 Å². The van der Waals surface area contributed by atoms with E-state index in [9.17, 15) is 9.59 Å². The third kappa shape index (κ3) is 4.44. The lowest BCUT2D eigenvalue weighted by Gasteiger charge is -2.21. The lowest BCUT2D eigenvalue weighted by atomic mass is 10.1. The smallest absolute Gasteiger partial charge is 0.302 e. The molecule has 2 aromatic carbocycles. The summed E-state index contributed by atoms with van der Waals surface area (Å²) in [5, 5.41) is 11.8. The van der Waals surface area contributed by atoms with Gasteiger partial charge in [0.05, 0.1) is 17.1 Å². The number of rotatable bonds is 6. The predicted octanol–water partition coefficient (Wildman–Crippen LogP) is 4.87. The molecule has 1 spiro atoms. The number of azo groups is 1. The zero-order valence-electron chi connectivity index (χ0n) is 18.8. The maximum absolute atomic E-state index is 13.4. The second kappa shape index (κ2) is 9.36. The maximum Gasteiger partial charge on any atom is 0.302 e. The monoisotopic (exact) mass is 462 g/mol. The highest BCUT2D eigenvalue weighted by Crippen LogP contribution is 2.48. The van der Waals surface area contributed by atoms with Crippen LogP contribution < -0.4 is 5.56 Å². The van der Waals surface area contributed by atoms with Crippen LogP contribution in [0.4, 0.5) is 11.4 Å². The van der Waals surface area contributed by atoms with Gasteiger partial charge in [-0.15, -0.1) is 5.11 Å². The van der Waals surface area contributed by atoms with Crippen LogP contribution in [0.2, 0.25) is 0 Å². The minimum absolute atomic E-state index is 0.00949. The first-order chi connectivity index (χ1) is 16.5.